The van der Waals surface area contributed by atoms with Gasteiger partial charge in [0.25, 0.3) is 0 Å². The molecule has 0 bridgehead atoms. The second-order valence-electron chi connectivity index (χ2n) is 0. The molecule has 0 rings (SSSR count). The minimum atomic E-state index is 0. The standard InChI is InChI=1S/Al.Fe.2O.Sc.H. The molecule has 0 fully saturated rings. The predicted molar refractivity (Wildman–Crippen MR) is 8.52 cm³/mol. The molecule has 0 aromatic carbocycles. The number of hydrogen-bond acceptors (Lipinski definition) is 2. The summed E-state index contributed by atoms with van der Waals surface area (Å²) in [5.41, 5.74) is 0. The minimum absolute atomic E-state index is 0. The van der Waals surface area contributed by atoms with Crippen molar-refractivity contribution in [1.82, 2.24) is 0 Å². The Morgan fingerprint density at radius 1 is 1.20 bits per heavy atom. The first kappa shape index (κ1) is 16.0. The van der Waals surface area contributed by atoms with Gasteiger partial charge in [0.1, 0.15) is 0 Å². The monoisotopic (exact) mass is 161 g/mol. The average molecular weight is 161 g/mol. The van der Waals surface area contributed by atoms with E-state index in [1.54, 1.807) is 0 Å². The molecule has 0 aliphatic carbocycles. The van der Waals surface area contributed by atoms with Crippen molar-refractivity contribution in [2.45, 2.75) is 0 Å². The van der Waals surface area contributed by atoms with Gasteiger partial charge in [0, 0.05) is 25.8 Å². The van der Waals surface area contributed by atoms with E-state index in [0.29, 0.717) is 16.2 Å². The molecule has 0 amide bonds. The van der Waals surface area contributed by atoms with E-state index in [-0.39, 0.29) is 25.8 Å². The molecule has 0 saturated heterocycles. The zero-order chi connectivity index (χ0) is 4.00. The molecule has 0 aliphatic rings. The molecule has 0 spiro atoms. The topological polar surface area (TPSA) is 34.1 Å². The molecule has 0 heterocycles. The number of hydrogen-bond donors (Lipinski definition) is 0. The Morgan fingerprint density at radius 2 is 1.20 bits per heavy atom. The van der Waals surface area contributed by atoms with Crippen LogP contribution >= 0.6 is 0 Å². The van der Waals surface area contributed by atoms with Crippen molar-refractivity contribution >= 4 is 16.2 Å². The maximum atomic E-state index is 8.28. The molecule has 0 unspecified atom stereocenters. The summed E-state index contributed by atoms with van der Waals surface area (Å²) in [6, 6.07) is 0. The second-order valence-corrected chi connectivity index (χ2v) is 0. The average Bonchev–Trinajstić information content (AvgIpc) is 1.50. The summed E-state index contributed by atoms with van der Waals surface area (Å²) in [5.74, 6) is 0. The molecule has 0 saturated carbocycles. The molecule has 0 aliphatic heterocycles. The summed E-state index contributed by atoms with van der Waals surface area (Å²) < 4.78 is 16.3. The molecule has 0 aromatic heterocycles. The van der Waals surface area contributed by atoms with Gasteiger partial charge in [-0.3, -0.25) is 0 Å². The Balaban J connectivity index is -0.0000000133. The van der Waals surface area contributed by atoms with E-state index < -0.39 is 0 Å². The summed E-state index contributed by atoms with van der Waals surface area (Å²) in [6.07, 6.45) is 0. The summed E-state index contributed by atoms with van der Waals surface area (Å²) in [7, 11) is 0. The van der Waals surface area contributed by atoms with Crippen molar-refractivity contribution in [3.05, 3.63) is 0 Å². The van der Waals surface area contributed by atoms with Crippen LogP contribution in [0, 0.1) is 0 Å². The Labute approximate surface area is 65.1 Å². The van der Waals surface area contributed by atoms with Crippen molar-refractivity contribution in [3.63, 3.8) is 0 Å². The van der Waals surface area contributed by atoms with Crippen LogP contribution in [0.15, 0.2) is 0 Å². The first-order valence-electron chi connectivity index (χ1n) is 0.433. The van der Waals surface area contributed by atoms with Crippen LogP contribution in [0.2, 0.25) is 0 Å². The van der Waals surface area contributed by atoms with E-state index in [1.807, 2.05) is 15.9 Å². The van der Waals surface area contributed by atoms with Crippen LogP contribution in [-0.2, 0) is 49.4 Å². The predicted octanol–water partition coefficient (Wildman–Crippen LogP) is -0.891. The maximum absolute atomic E-state index is 8.28. The van der Waals surface area contributed by atoms with E-state index in [2.05, 4.69) is 0 Å². The Hall–Kier alpha value is 1.52. The molecule has 0 atom stereocenters. The molecule has 0 aromatic rings. The van der Waals surface area contributed by atoms with Crippen molar-refractivity contribution in [2.24, 2.45) is 0 Å². The zero-order valence-corrected chi connectivity index (χ0v) is 6.78. The second kappa shape index (κ2) is 48.7. The molecule has 27 valence electrons. The summed E-state index contributed by atoms with van der Waals surface area (Å²) in [4.78, 5) is 0. The van der Waals surface area contributed by atoms with Crippen LogP contribution in [0.1, 0.15) is 0 Å². The van der Waals surface area contributed by atoms with Gasteiger partial charge in [-0.25, -0.2) is 0 Å². The van der Waals surface area contributed by atoms with E-state index in [1.165, 1.54) is 0 Å². The largest absolute Gasteiger partial charge is 0 e. The van der Waals surface area contributed by atoms with Crippen molar-refractivity contribution in [1.29, 1.82) is 0 Å². The van der Waals surface area contributed by atoms with Gasteiger partial charge in [-0.05, 0) is 0 Å². The summed E-state index contributed by atoms with van der Waals surface area (Å²) in [5, 5.41) is 0. The van der Waals surface area contributed by atoms with Crippen LogP contribution in [0.5, 0.6) is 0 Å². The third kappa shape index (κ3) is 29.6. The van der Waals surface area contributed by atoms with E-state index in [0.717, 1.165) is 0 Å². The van der Waals surface area contributed by atoms with E-state index in [4.69, 9.17) is 7.64 Å². The SMILES string of the molecule is [O]=[AlH].[O]=[Fe].[Sc]. The fourth-order valence-electron chi connectivity index (χ4n) is 0. The summed E-state index contributed by atoms with van der Waals surface area (Å²) >= 11 is 2.61. The fourth-order valence-corrected chi connectivity index (χ4v) is 0. The van der Waals surface area contributed by atoms with Crippen LogP contribution in [0.4, 0.5) is 0 Å². The van der Waals surface area contributed by atoms with E-state index in [9.17, 15) is 0 Å². The van der Waals surface area contributed by atoms with Crippen LogP contribution in [-0.4, -0.2) is 16.2 Å². The van der Waals surface area contributed by atoms with Crippen LogP contribution in [0.25, 0.3) is 0 Å². The van der Waals surface area contributed by atoms with Crippen molar-refractivity contribution < 1.29 is 49.4 Å². The molecule has 0 N–H and O–H groups in total. The van der Waals surface area contributed by atoms with Gasteiger partial charge in [-0.1, -0.05) is 0 Å². The van der Waals surface area contributed by atoms with Crippen molar-refractivity contribution in [3.8, 4) is 0 Å². The Morgan fingerprint density at radius 3 is 1.20 bits per heavy atom. The first-order chi connectivity index (χ1) is 2.00. The quantitative estimate of drug-likeness (QED) is 0.431. The molecular weight excluding hydrogens is 160 g/mol. The normalized spacial score (nSPS) is 1.60. The van der Waals surface area contributed by atoms with Gasteiger partial charge in [-0.15, -0.1) is 0 Å². The molecule has 1 radical (unpaired) electrons. The van der Waals surface area contributed by atoms with Gasteiger partial charge < -0.3 is 0 Å². The Kier molecular flexibility index (Phi) is 156. The third-order valence-corrected chi connectivity index (χ3v) is 0. The van der Waals surface area contributed by atoms with Gasteiger partial charge in [0.2, 0.25) is 0 Å². The Bertz CT molecular complexity index is 11.6. The molecule has 5 heavy (non-hydrogen) atoms. The molecular formula is HAlFeO2Sc. The maximum Gasteiger partial charge on any atom is 0 e. The third-order valence-electron chi connectivity index (χ3n) is 0. The first-order valence-corrected chi connectivity index (χ1v) is 1.46. The zero-order valence-electron chi connectivity index (χ0n) is 2.45. The molecule has 5 heteroatoms. The van der Waals surface area contributed by atoms with Crippen LogP contribution in [0.3, 0.4) is 0 Å². The number of rotatable bonds is 0. The van der Waals surface area contributed by atoms with Gasteiger partial charge in [0.05, 0.1) is 0 Å². The van der Waals surface area contributed by atoms with Gasteiger partial charge >= 0.3 is 39.8 Å². The van der Waals surface area contributed by atoms with Crippen LogP contribution < -0.4 is 0 Å². The van der Waals surface area contributed by atoms with Gasteiger partial charge in [0.15, 0.2) is 0 Å². The smallest absolute Gasteiger partial charge is 0 e. The van der Waals surface area contributed by atoms with E-state index >= 15 is 0 Å². The summed E-state index contributed by atoms with van der Waals surface area (Å²) in [6.45, 7) is 0. The molecule has 2 nitrogen and oxygen atoms in total. The van der Waals surface area contributed by atoms with Crippen molar-refractivity contribution in [2.75, 3.05) is 0 Å². The fraction of sp³-hybridized carbons (Fsp3) is 0. The van der Waals surface area contributed by atoms with Gasteiger partial charge in [-0.2, -0.15) is 0 Å². The minimum Gasteiger partial charge on any atom is 0 e.